The number of nitrogens with one attached hydrogen (secondary N) is 1. The number of nitrogens with zero attached hydrogens (tertiary/aromatic N) is 1. The first kappa shape index (κ1) is 24.0. The topological polar surface area (TPSA) is 125 Å². The highest BCUT2D eigenvalue weighted by Crippen LogP contribution is 2.50. The van der Waals surface area contributed by atoms with E-state index in [9.17, 15) is 4.79 Å². The minimum atomic E-state index is -0.408. The van der Waals surface area contributed by atoms with Crippen LogP contribution in [-0.2, 0) is 25.7 Å². The number of nitrogens with two attached hydrogens (primary N) is 1. The van der Waals surface area contributed by atoms with Gasteiger partial charge < -0.3 is 14.2 Å². The molecule has 0 aromatic carbocycles. The maximum Gasteiger partial charge on any atom is 0.283 e. The third-order valence-corrected chi connectivity index (χ3v) is 6.75. The lowest BCUT2D eigenvalue weighted by atomic mass is 9.65. The smallest absolute Gasteiger partial charge is 0.283 e. The number of carbonyl (C=O) groups excluding carboxylic acids is 1. The fraction of sp³-hybridized carbons (Fsp3) is 0.727. The maximum atomic E-state index is 11.5. The molecule has 4 N–H and O–H groups in total. The summed E-state index contributed by atoms with van der Waals surface area (Å²) in [7, 11) is 1.18. The summed E-state index contributed by atoms with van der Waals surface area (Å²) in [6.45, 7) is 4.78. The molecule has 0 bridgehead atoms. The molecule has 1 aliphatic carbocycles. The third-order valence-electron chi connectivity index (χ3n) is 6.75. The van der Waals surface area contributed by atoms with Gasteiger partial charge in [0.15, 0.2) is 12.6 Å². The number of aromatic nitrogens is 1. The Hall–Kier alpha value is -1.62. The molecule has 2 aliphatic heterocycles. The summed E-state index contributed by atoms with van der Waals surface area (Å²) in [4.78, 5) is 18.9. The van der Waals surface area contributed by atoms with Crippen LogP contribution in [0.4, 0.5) is 0 Å². The second-order valence-electron chi connectivity index (χ2n) is 8.71. The minimum Gasteiger partial charge on any atom is -0.349 e. The number of carbonyl (C=O) groups is 1. The lowest BCUT2D eigenvalue weighted by Crippen LogP contribution is -2.52. The van der Waals surface area contributed by atoms with Gasteiger partial charge in [0.05, 0.1) is 19.8 Å². The van der Waals surface area contributed by atoms with E-state index in [-0.39, 0.29) is 24.4 Å². The van der Waals surface area contributed by atoms with Crippen LogP contribution in [0.5, 0.6) is 0 Å². The number of pyridine rings is 1. The minimum absolute atomic E-state index is 0.164. The molecule has 0 radical (unpaired) electrons. The number of rotatable bonds is 4. The van der Waals surface area contributed by atoms with E-state index in [0.29, 0.717) is 30.3 Å². The largest absolute Gasteiger partial charge is 0.349 e. The lowest BCUT2D eigenvalue weighted by molar-refractivity contribution is -0.334. The molecule has 174 valence electrons. The summed E-state index contributed by atoms with van der Waals surface area (Å²) in [5.74, 6) is 6.84. The molecule has 31 heavy (non-hydrogen) atoms. The first-order valence-corrected chi connectivity index (χ1v) is 11.0. The van der Waals surface area contributed by atoms with Crippen LogP contribution in [0, 0.1) is 23.7 Å². The molecule has 1 saturated carbocycles. The van der Waals surface area contributed by atoms with E-state index in [0.717, 1.165) is 12.0 Å². The van der Waals surface area contributed by atoms with E-state index in [4.69, 9.17) is 25.3 Å². The molecule has 3 aliphatic rings. The van der Waals surface area contributed by atoms with Crippen molar-refractivity contribution in [3.8, 4) is 0 Å². The van der Waals surface area contributed by atoms with Crippen LogP contribution in [0.3, 0.4) is 0 Å². The first-order valence-electron chi connectivity index (χ1n) is 11.0. The summed E-state index contributed by atoms with van der Waals surface area (Å²) in [5, 5.41) is 7.07. The predicted molar refractivity (Wildman–Crippen MR) is 112 cm³/mol. The zero-order valence-electron chi connectivity index (χ0n) is 18.5. The number of hydrogen-bond donors (Lipinski definition) is 3. The normalized spacial score (nSPS) is 34.5. The summed E-state index contributed by atoms with van der Waals surface area (Å²) in [5.41, 5.74) is 3.25. The van der Waals surface area contributed by atoms with Crippen molar-refractivity contribution in [3.05, 3.63) is 29.6 Å². The van der Waals surface area contributed by atoms with Gasteiger partial charge in [0.2, 0.25) is 0 Å². The average Bonchev–Trinajstić information content (AvgIpc) is 2.94. The molecule has 1 amide bonds. The van der Waals surface area contributed by atoms with Gasteiger partial charge in [-0.15, -0.1) is 0 Å². The van der Waals surface area contributed by atoms with Crippen molar-refractivity contribution in [2.24, 2.45) is 29.5 Å². The van der Waals surface area contributed by atoms with Crippen LogP contribution in [0.2, 0.25) is 0 Å². The fourth-order valence-electron chi connectivity index (χ4n) is 5.23. The van der Waals surface area contributed by atoms with Crippen molar-refractivity contribution in [1.82, 2.24) is 10.4 Å². The van der Waals surface area contributed by atoms with E-state index in [1.807, 2.05) is 6.07 Å². The van der Waals surface area contributed by atoms with Crippen molar-refractivity contribution in [3.63, 3.8) is 0 Å². The molecule has 1 aromatic heterocycles. The van der Waals surface area contributed by atoms with E-state index < -0.39 is 5.91 Å². The molecule has 9 nitrogen and oxygen atoms in total. The second kappa shape index (κ2) is 11.3. The molecule has 3 fully saturated rings. The maximum absolute atomic E-state index is 11.5. The van der Waals surface area contributed by atoms with Gasteiger partial charge in [-0.3, -0.25) is 20.5 Å². The molecule has 5 unspecified atom stereocenters. The standard InChI is InChI=1S/C21H31N3O4.CH4O2/c1-12-6-8-15-4-3-5-16-13(2)20(28-21(27-12)18(15)16)26-11-14-7-9-17(23-10-14)19(25)24-22;1-3-2/h7,9-10,12-13,15-16,18,20-21H,3-6,8,11,22H2,1-2H3,(H,24,25);2H,1H3/t12-,13+,15?,16?,18?,20?,21?;/m0./s1. The monoisotopic (exact) mass is 437 g/mol. The van der Waals surface area contributed by atoms with Crippen LogP contribution in [0.15, 0.2) is 18.3 Å². The van der Waals surface area contributed by atoms with Gasteiger partial charge in [-0.25, -0.2) is 10.7 Å². The summed E-state index contributed by atoms with van der Waals surface area (Å²) >= 11 is 0. The molecule has 7 atom stereocenters. The number of nitrogen functional groups attached to an aromatic ring is 1. The van der Waals surface area contributed by atoms with Gasteiger partial charge in [0.1, 0.15) is 5.69 Å². The first-order chi connectivity index (χ1) is 15.0. The van der Waals surface area contributed by atoms with Gasteiger partial charge in [-0.05, 0) is 56.1 Å². The Kier molecular flexibility index (Phi) is 8.76. The molecule has 4 rings (SSSR count). The van der Waals surface area contributed by atoms with E-state index in [1.54, 1.807) is 12.3 Å². The molecule has 3 heterocycles. The second-order valence-corrected chi connectivity index (χ2v) is 8.71. The molecular formula is C22H35N3O6. The Balaban J connectivity index is 0.000000858. The van der Waals surface area contributed by atoms with Gasteiger partial charge in [-0.2, -0.15) is 0 Å². The number of amides is 1. The highest BCUT2D eigenvalue weighted by molar-refractivity contribution is 5.91. The van der Waals surface area contributed by atoms with Gasteiger partial charge in [0, 0.05) is 18.0 Å². The van der Waals surface area contributed by atoms with Crippen molar-refractivity contribution in [2.45, 2.75) is 71.2 Å². The van der Waals surface area contributed by atoms with Crippen LogP contribution in [0.1, 0.15) is 62.0 Å². The third kappa shape index (κ3) is 5.79. The predicted octanol–water partition coefficient (Wildman–Crippen LogP) is 2.86. The Morgan fingerprint density at radius 1 is 1.26 bits per heavy atom. The quantitative estimate of drug-likeness (QED) is 0.284. The van der Waals surface area contributed by atoms with Crippen molar-refractivity contribution in [2.75, 3.05) is 7.11 Å². The number of ether oxygens (including phenoxy) is 3. The highest BCUT2D eigenvalue weighted by atomic mass is 17.1. The SMILES string of the molecule is COO.C[C@H]1C(OCc2ccc(C(=O)NN)nc2)OC2O[C@@H](C)CCC3CCCC1C32. The molecular weight excluding hydrogens is 402 g/mol. The summed E-state index contributed by atoms with van der Waals surface area (Å²) < 4.78 is 18.8. The number of hydrogen-bond acceptors (Lipinski definition) is 8. The van der Waals surface area contributed by atoms with Crippen LogP contribution in [-0.4, -0.2) is 41.9 Å². The van der Waals surface area contributed by atoms with E-state index >= 15 is 0 Å². The summed E-state index contributed by atoms with van der Waals surface area (Å²) in [6, 6.07) is 3.47. The van der Waals surface area contributed by atoms with Crippen LogP contribution in [0.25, 0.3) is 0 Å². The molecule has 0 spiro atoms. The zero-order valence-corrected chi connectivity index (χ0v) is 18.5. The Bertz CT molecular complexity index is 703. The van der Waals surface area contributed by atoms with E-state index in [2.05, 4.69) is 29.1 Å². The van der Waals surface area contributed by atoms with Crippen LogP contribution < -0.4 is 11.3 Å². The molecule has 9 heteroatoms. The van der Waals surface area contributed by atoms with Gasteiger partial charge >= 0.3 is 0 Å². The highest BCUT2D eigenvalue weighted by Gasteiger charge is 2.50. The Labute approximate surface area is 183 Å². The van der Waals surface area contributed by atoms with Crippen LogP contribution >= 0.6 is 0 Å². The van der Waals surface area contributed by atoms with Crippen molar-refractivity contribution in [1.29, 1.82) is 0 Å². The Morgan fingerprint density at radius 3 is 2.71 bits per heavy atom. The van der Waals surface area contributed by atoms with Gasteiger partial charge in [-0.1, -0.05) is 19.4 Å². The fourth-order valence-corrected chi connectivity index (χ4v) is 5.23. The zero-order chi connectivity index (χ0) is 22.4. The Morgan fingerprint density at radius 2 is 2.03 bits per heavy atom. The average molecular weight is 438 g/mol. The lowest BCUT2D eigenvalue weighted by Gasteiger charge is -2.50. The van der Waals surface area contributed by atoms with Gasteiger partial charge in [0.25, 0.3) is 5.91 Å². The van der Waals surface area contributed by atoms with Crippen molar-refractivity contribution >= 4 is 5.91 Å². The number of hydrazine groups is 1. The summed E-state index contributed by atoms with van der Waals surface area (Å²) in [6.07, 6.45) is 7.59. The van der Waals surface area contributed by atoms with Crippen molar-refractivity contribution < 1.29 is 29.1 Å². The van der Waals surface area contributed by atoms with E-state index in [1.165, 1.54) is 32.8 Å². The molecule has 1 aromatic rings. The molecule has 2 saturated heterocycles.